The Kier molecular flexibility index (Phi) is 7.04. The molecule has 1 saturated carbocycles. The van der Waals surface area contributed by atoms with Crippen molar-refractivity contribution >= 4 is 5.97 Å². The number of fused-ring (bicyclic) bond motifs is 3. The minimum absolute atomic E-state index is 0.229. The highest BCUT2D eigenvalue weighted by Gasteiger charge is 2.78. The van der Waals surface area contributed by atoms with Crippen molar-refractivity contribution in [2.45, 2.75) is 29.8 Å². The molecule has 0 aromatic heterocycles. The number of esters is 1. The lowest BCUT2D eigenvalue weighted by Gasteiger charge is -2.40. The molecule has 6 rings (SSSR count). The van der Waals surface area contributed by atoms with Crippen LogP contribution in [0.4, 0.5) is 0 Å². The first-order valence-corrected chi connectivity index (χ1v) is 13.6. The summed E-state index contributed by atoms with van der Waals surface area (Å²) in [5.41, 5.74) is -1.36. The Morgan fingerprint density at radius 2 is 1.52 bits per heavy atom. The molecule has 1 fully saturated rings. The van der Waals surface area contributed by atoms with Gasteiger partial charge in [0.15, 0.2) is 11.2 Å². The van der Waals surface area contributed by atoms with E-state index in [0.717, 1.165) is 5.56 Å². The second-order valence-corrected chi connectivity index (χ2v) is 10.5. The van der Waals surface area contributed by atoms with Crippen LogP contribution in [0.5, 0.6) is 23.0 Å². The van der Waals surface area contributed by atoms with Gasteiger partial charge in [-0.25, -0.2) is 0 Å². The first-order chi connectivity index (χ1) is 20.4. The van der Waals surface area contributed by atoms with Crippen LogP contribution in [0.3, 0.4) is 0 Å². The monoisotopic (exact) mass is 568 g/mol. The van der Waals surface area contributed by atoms with Gasteiger partial charge in [-0.2, -0.15) is 0 Å². The van der Waals surface area contributed by atoms with E-state index in [0.29, 0.717) is 29.2 Å². The summed E-state index contributed by atoms with van der Waals surface area (Å²) in [6.07, 6.45) is -1.62. The molecule has 1 aliphatic carbocycles. The number of hydrogen-bond donors (Lipinski definition) is 2. The molecule has 5 atom stereocenters. The summed E-state index contributed by atoms with van der Waals surface area (Å²) in [6, 6.07) is 29.4. The number of benzene rings is 4. The summed E-state index contributed by atoms with van der Waals surface area (Å²) in [5, 5.41) is 24.9. The van der Waals surface area contributed by atoms with Crippen LogP contribution in [0.15, 0.2) is 97.1 Å². The first-order valence-electron chi connectivity index (χ1n) is 13.6. The van der Waals surface area contributed by atoms with Crippen molar-refractivity contribution in [2.24, 2.45) is 5.92 Å². The summed E-state index contributed by atoms with van der Waals surface area (Å²) in [4.78, 5) is 13.4. The van der Waals surface area contributed by atoms with Gasteiger partial charge in [0.05, 0.1) is 32.8 Å². The van der Waals surface area contributed by atoms with E-state index < -0.39 is 35.1 Å². The van der Waals surface area contributed by atoms with E-state index in [1.807, 2.05) is 60.7 Å². The number of rotatable bonds is 8. The largest absolute Gasteiger partial charge is 0.497 e. The SMILES string of the molecule is COC(=O)[C@H]1[C@@H](c2ccccc2)C2(c3ccc(OC)cc3)Oc3cc(OCc4ccccc4)cc(OC)c3C2(O)[C@H]1O. The topological polar surface area (TPSA) is 104 Å². The highest BCUT2D eigenvalue weighted by Crippen LogP contribution is 2.70. The third-order valence-corrected chi connectivity index (χ3v) is 8.44. The molecule has 0 bridgehead atoms. The number of hydrogen-bond acceptors (Lipinski definition) is 8. The average Bonchev–Trinajstić information content (AvgIpc) is 3.42. The maximum absolute atomic E-state index is 13.4. The Bertz CT molecular complexity index is 1570. The van der Waals surface area contributed by atoms with Crippen molar-refractivity contribution in [3.05, 3.63) is 119 Å². The third kappa shape index (κ3) is 4.01. The molecule has 2 N–H and O–H groups in total. The van der Waals surface area contributed by atoms with Crippen LogP contribution in [0, 0.1) is 5.92 Å². The average molecular weight is 569 g/mol. The number of carbonyl (C=O) groups excluding carboxylic acids is 1. The van der Waals surface area contributed by atoms with Gasteiger partial charge in [-0.05, 0) is 28.8 Å². The molecule has 42 heavy (non-hydrogen) atoms. The van der Waals surface area contributed by atoms with E-state index in [1.165, 1.54) is 14.2 Å². The van der Waals surface area contributed by atoms with Gasteiger partial charge in [-0.1, -0.05) is 72.8 Å². The summed E-state index contributed by atoms with van der Waals surface area (Å²) >= 11 is 0. The van der Waals surface area contributed by atoms with Gasteiger partial charge in [0.2, 0.25) is 0 Å². The maximum atomic E-state index is 13.4. The zero-order chi connectivity index (χ0) is 29.5. The number of carbonyl (C=O) groups is 1. The van der Waals surface area contributed by atoms with Crippen LogP contribution in [0.1, 0.15) is 28.2 Å². The molecule has 1 aliphatic heterocycles. The van der Waals surface area contributed by atoms with Gasteiger partial charge in [-0.15, -0.1) is 0 Å². The Labute approximate surface area is 244 Å². The molecule has 1 heterocycles. The van der Waals surface area contributed by atoms with E-state index in [9.17, 15) is 15.0 Å². The Balaban J connectivity index is 1.58. The minimum atomic E-state index is -2.13. The lowest BCUT2D eigenvalue weighted by Crippen LogP contribution is -2.52. The Morgan fingerprint density at radius 3 is 2.14 bits per heavy atom. The number of ether oxygens (including phenoxy) is 5. The van der Waals surface area contributed by atoms with Crippen LogP contribution in [0.2, 0.25) is 0 Å². The lowest BCUT2D eigenvalue weighted by atomic mass is 9.70. The van der Waals surface area contributed by atoms with Gasteiger partial charge < -0.3 is 33.9 Å². The van der Waals surface area contributed by atoms with Crippen molar-refractivity contribution in [3.63, 3.8) is 0 Å². The highest BCUT2D eigenvalue weighted by atomic mass is 16.6. The van der Waals surface area contributed by atoms with Crippen LogP contribution in [-0.2, 0) is 27.3 Å². The fraction of sp³-hybridized carbons (Fsp3) is 0.265. The van der Waals surface area contributed by atoms with E-state index in [1.54, 1.807) is 43.5 Å². The predicted molar refractivity (Wildman–Crippen MR) is 154 cm³/mol. The second kappa shape index (κ2) is 10.7. The van der Waals surface area contributed by atoms with Crippen LogP contribution in [-0.4, -0.2) is 43.6 Å². The Hall–Kier alpha value is -4.53. The minimum Gasteiger partial charge on any atom is -0.497 e. The zero-order valence-electron chi connectivity index (χ0n) is 23.5. The summed E-state index contributed by atoms with van der Waals surface area (Å²) in [7, 11) is 4.30. The van der Waals surface area contributed by atoms with Crippen LogP contribution >= 0.6 is 0 Å². The molecule has 8 nitrogen and oxygen atoms in total. The smallest absolute Gasteiger partial charge is 0.312 e. The standard InChI is InChI=1S/C34H32O8/c1-38-24-16-14-23(15-17-24)34-29(22-12-8-5-9-13-22)28(32(36)40-3)31(35)33(34,37)30-26(39-2)18-25(19-27(30)42-34)41-20-21-10-6-4-7-11-21/h4-19,28-29,31,35,37H,20H2,1-3H3/t28-,29+,31-,33?,34?/m0/s1. The van der Waals surface area contributed by atoms with Crippen molar-refractivity contribution in [2.75, 3.05) is 21.3 Å². The summed E-state index contributed by atoms with van der Waals surface area (Å²) < 4.78 is 29.3. The normalized spacial score (nSPS) is 25.6. The van der Waals surface area contributed by atoms with Crippen molar-refractivity contribution in [1.82, 2.24) is 0 Å². The Morgan fingerprint density at radius 1 is 0.857 bits per heavy atom. The number of aliphatic hydroxyl groups is 2. The van der Waals surface area contributed by atoms with Crippen molar-refractivity contribution < 1.29 is 38.7 Å². The second-order valence-electron chi connectivity index (χ2n) is 10.5. The van der Waals surface area contributed by atoms with Crippen molar-refractivity contribution in [1.29, 1.82) is 0 Å². The highest BCUT2D eigenvalue weighted by molar-refractivity contribution is 5.78. The van der Waals surface area contributed by atoms with Gasteiger partial charge in [0.1, 0.15) is 35.7 Å². The van der Waals surface area contributed by atoms with Gasteiger partial charge in [-0.3, -0.25) is 4.79 Å². The fourth-order valence-corrected chi connectivity index (χ4v) is 6.61. The third-order valence-electron chi connectivity index (χ3n) is 8.44. The van der Waals surface area contributed by atoms with E-state index in [2.05, 4.69) is 0 Å². The summed E-state index contributed by atoms with van der Waals surface area (Å²) in [5.74, 6) is -1.11. The van der Waals surface area contributed by atoms with E-state index in [4.69, 9.17) is 23.7 Å². The molecule has 2 unspecified atom stereocenters. The van der Waals surface area contributed by atoms with Crippen LogP contribution in [0.25, 0.3) is 0 Å². The first kappa shape index (κ1) is 27.6. The predicted octanol–water partition coefficient (Wildman–Crippen LogP) is 4.71. The molecular weight excluding hydrogens is 536 g/mol. The molecule has 0 radical (unpaired) electrons. The molecular formula is C34H32O8. The molecule has 0 saturated heterocycles. The lowest BCUT2D eigenvalue weighted by molar-refractivity contribution is -0.161. The quantitative estimate of drug-likeness (QED) is 0.295. The molecule has 0 amide bonds. The van der Waals surface area contributed by atoms with E-state index >= 15 is 0 Å². The molecule has 4 aromatic carbocycles. The van der Waals surface area contributed by atoms with Gasteiger partial charge >= 0.3 is 5.97 Å². The zero-order valence-corrected chi connectivity index (χ0v) is 23.5. The summed E-state index contributed by atoms with van der Waals surface area (Å²) in [6.45, 7) is 0.302. The molecule has 0 spiro atoms. The number of aliphatic hydroxyl groups excluding tert-OH is 1. The molecule has 2 aliphatic rings. The molecule has 8 heteroatoms. The molecule has 216 valence electrons. The fourth-order valence-electron chi connectivity index (χ4n) is 6.61. The molecule has 4 aromatic rings. The van der Waals surface area contributed by atoms with Gasteiger partial charge in [0, 0.05) is 18.1 Å². The van der Waals surface area contributed by atoms with Gasteiger partial charge in [0.25, 0.3) is 0 Å². The van der Waals surface area contributed by atoms with E-state index in [-0.39, 0.29) is 17.1 Å². The van der Waals surface area contributed by atoms with Crippen molar-refractivity contribution in [3.8, 4) is 23.0 Å². The maximum Gasteiger partial charge on any atom is 0.312 e. The number of methoxy groups -OCH3 is 3. The van der Waals surface area contributed by atoms with Crippen LogP contribution < -0.4 is 18.9 Å².